The summed E-state index contributed by atoms with van der Waals surface area (Å²) < 4.78 is 10.5. The van der Waals surface area contributed by atoms with Crippen LogP contribution in [0, 0.1) is 0 Å². The number of hydrogen-bond acceptors (Lipinski definition) is 6. The number of thiazole rings is 1. The van der Waals surface area contributed by atoms with Gasteiger partial charge in [-0.2, -0.15) is 0 Å². The van der Waals surface area contributed by atoms with Crippen LogP contribution in [-0.4, -0.2) is 41.7 Å². The van der Waals surface area contributed by atoms with Gasteiger partial charge in [-0.05, 0) is 31.7 Å². The molecule has 0 saturated heterocycles. The first kappa shape index (κ1) is 18.5. The number of methoxy groups -OCH3 is 1. The summed E-state index contributed by atoms with van der Waals surface area (Å²) in [5.41, 5.74) is 0.936. The summed E-state index contributed by atoms with van der Waals surface area (Å²) in [6.45, 7) is 2.24. The van der Waals surface area contributed by atoms with Gasteiger partial charge in [0.05, 0.1) is 18.2 Å². The highest BCUT2D eigenvalue weighted by atomic mass is 35.5. The number of carboxylic acids is 1. The highest BCUT2D eigenvalue weighted by Crippen LogP contribution is 2.37. The van der Waals surface area contributed by atoms with Crippen molar-refractivity contribution in [1.29, 1.82) is 0 Å². The molecule has 1 unspecified atom stereocenters. The maximum absolute atomic E-state index is 10.7. The van der Waals surface area contributed by atoms with Crippen LogP contribution in [0.2, 0.25) is 5.02 Å². The zero-order chi connectivity index (χ0) is 17.7. The van der Waals surface area contributed by atoms with Gasteiger partial charge < -0.3 is 14.6 Å². The maximum atomic E-state index is 10.7. The molecule has 1 aromatic heterocycles. The van der Waals surface area contributed by atoms with Gasteiger partial charge in [-0.25, -0.2) is 9.78 Å². The standard InChI is InChI=1S/C16H19ClN2O4S/c1-10(16-18-4-5-24-16)19(2)8-11-6-12(17)15(13(7-11)22-3)23-9-14(20)21/h4-7,10H,8-9H2,1-3H3,(H,20,21). The number of benzene rings is 1. The van der Waals surface area contributed by atoms with Crippen LogP contribution in [0.1, 0.15) is 23.5 Å². The van der Waals surface area contributed by atoms with Crippen molar-refractivity contribution in [1.82, 2.24) is 9.88 Å². The number of carbonyl (C=O) groups is 1. The van der Waals surface area contributed by atoms with Crippen molar-refractivity contribution < 1.29 is 19.4 Å². The Morgan fingerprint density at radius 3 is 2.83 bits per heavy atom. The third kappa shape index (κ3) is 4.59. The molecule has 0 aliphatic carbocycles. The van der Waals surface area contributed by atoms with E-state index in [9.17, 15) is 4.79 Å². The normalized spacial score (nSPS) is 12.2. The molecule has 0 aliphatic heterocycles. The van der Waals surface area contributed by atoms with Crippen molar-refractivity contribution in [3.63, 3.8) is 0 Å². The number of carboxylic acid groups (broad SMARTS) is 1. The number of nitrogens with zero attached hydrogens (tertiary/aromatic N) is 2. The molecule has 130 valence electrons. The molecule has 0 amide bonds. The fourth-order valence-corrected chi connectivity index (χ4v) is 3.24. The number of rotatable bonds is 8. The Hall–Kier alpha value is -1.83. The monoisotopic (exact) mass is 370 g/mol. The average molecular weight is 371 g/mol. The number of ether oxygens (including phenoxy) is 2. The highest BCUT2D eigenvalue weighted by molar-refractivity contribution is 7.09. The molecule has 0 saturated carbocycles. The predicted molar refractivity (Wildman–Crippen MR) is 93.1 cm³/mol. The molecule has 1 aromatic carbocycles. The third-order valence-electron chi connectivity index (χ3n) is 3.53. The summed E-state index contributed by atoms with van der Waals surface area (Å²) in [5, 5.41) is 12.0. The van der Waals surface area contributed by atoms with Crippen LogP contribution >= 0.6 is 22.9 Å². The molecule has 0 aliphatic rings. The van der Waals surface area contributed by atoms with Crippen LogP contribution in [-0.2, 0) is 11.3 Å². The van der Waals surface area contributed by atoms with E-state index < -0.39 is 12.6 Å². The Bertz CT molecular complexity index is 694. The van der Waals surface area contributed by atoms with Crippen LogP contribution in [0.4, 0.5) is 0 Å². The van der Waals surface area contributed by atoms with E-state index in [4.69, 9.17) is 26.2 Å². The topological polar surface area (TPSA) is 71.9 Å². The Labute approximate surface area is 149 Å². The second kappa shape index (κ2) is 8.32. The summed E-state index contributed by atoms with van der Waals surface area (Å²) in [5.74, 6) is -0.427. The van der Waals surface area contributed by atoms with Crippen molar-refractivity contribution in [3.05, 3.63) is 39.3 Å². The zero-order valence-corrected chi connectivity index (χ0v) is 15.2. The minimum Gasteiger partial charge on any atom is -0.493 e. The minimum atomic E-state index is -1.07. The molecule has 6 nitrogen and oxygen atoms in total. The molecule has 1 heterocycles. The first-order valence-electron chi connectivity index (χ1n) is 7.23. The van der Waals surface area contributed by atoms with E-state index in [1.54, 1.807) is 29.7 Å². The van der Waals surface area contributed by atoms with Crippen LogP contribution < -0.4 is 9.47 Å². The molecule has 0 radical (unpaired) electrons. The van der Waals surface area contributed by atoms with E-state index in [-0.39, 0.29) is 11.8 Å². The lowest BCUT2D eigenvalue weighted by atomic mass is 10.1. The van der Waals surface area contributed by atoms with Gasteiger partial charge in [0.2, 0.25) is 0 Å². The van der Waals surface area contributed by atoms with E-state index in [1.807, 2.05) is 12.4 Å². The van der Waals surface area contributed by atoms with Gasteiger partial charge in [-0.3, -0.25) is 4.90 Å². The van der Waals surface area contributed by atoms with Gasteiger partial charge in [0.25, 0.3) is 0 Å². The number of aliphatic carboxylic acids is 1. The van der Waals surface area contributed by atoms with Gasteiger partial charge in [-0.15, -0.1) is 11.3 Å². The van der Waals surface area contributed by atoms with E-state index in [0.29, 0.717) is 17.3 Å². The molecule has 0 spiro atoms. The van der Waals surface area contributed by atoms with Crippen molar-refractivity contribution in [2.75, 3.05) is 20.8 Å². The van der Waals surface area contributed by atoms with E-state index in [1.165, 1.54) is 7.11 Å². The molecule has 2 rings (SSSR count). The Morgan fingerprint density at radius 1 is 1.50 bits per heavy atom. The predicted octanol–water partition coefficient (Wildman–Crippen LogP) is 3.46. The number of halogens is 1. The van der Waals surface area contributed by atoms with Crippen molar-refractivity contribution in [3.8, 4) is 11.5 Å². The highest BCUT2D eigenvalue weighted by Gasteiger charge is 2.17. The third-order valence-corrected chi connectivity index (χ3v) is 4.76. The quantitative estimate of drug-likeness (QED) is 0.767. The summed E-state index contributed by atoms with van der Waals surface area (Å²) in [6.07, 6.45) is 1.79. The first-order valence-corrected chi connectivity index (χ1v) is 8.48. The first-order chi connectivity index (χ1) is 11.4. The van der Waals surface area contributed by atoms with Crippen molar-refractivity contribution in [2.45, 2.75) is 19.5 Å². The van der Waals surface area contributed by atoms with Gasteiger partial charge in [-0.1, -0.05) is 11.6 Å². The fraction of sp³-hybridized carbons (Fsp3) is 0.375. The summed E-state index contributed by atoms with van der Waals surface area (Å²) >= 11 is 7.85. The van der Waals surface area contributed by atoms with Crippen LogP contribution in [0.5, 0.6) is 11.5 Å². The molecule has 1 atom stereocenters. The van der Waals surface area contributed by atoms with Gasteiger partial charge in [0, 0.05) is 18.1 Å². The molecular formula is C16H19ClN2O4S. The van der Waals surface area contributed by atoms with Crippen molar-refractivity contribution in [2.24, 2.45) is 0 Å². The molecule has 0 fully saturated rings. The summed E-state index contributed by atoms with van der Waals surface area (Å²) in [4.78, 5) is 17.1. The SMILES string of the molecule is COc1cc(CN(C)C(C)c2nccs2)cc(Cl)c1OCC(=O)O. The Kier molecular flexibility index (Phi) is 6.42. The Balaban J connectivity index is 2.16. The molecule has 24 heavy (non-hydrogen) atoms. The van der Waals surface area contributed by atoms with Crippen molar-refractivity contribution >= 4 is 28.9 Å². The lowest BCUT2D eigenvalue weighted by Gasteiger charge is -2.23. The molecule has 0 bridgehead atoms. The second-order valence-corrected chi connectivity index (χ2v) is 6.59. The van der Waals surface area contributed by atoms with E-state index in [0.717, 1.165) is 10.6 Å². The summed E-state index contributed by atoms with van der Waals surface area (Å²) in [6, 6.07) is 3.72. The summed E-state index contributed by atoms with van der Waals surface area (Å²) in [7, 11) is 3.49. The van der Waals surface area contributed by atoms with Gasteiger partial charge >= 0.3 is 5.97 Å². The van der Waals surface area contributed by atoms with Crippen LogP contribution in [0.25, 0.3) is 0 Å². The molecule has 2 aromatic rings. The zero-order valence-electron chi connectivity index (χ0n) is 13.7. The lowest BCUT2D eigenvalue weighted by Crippen LogP contribution is -2.21. The van der Waals surface area contributed by atoms with E-state index in [2.05, 4.69) is 16.8 Å². The number of aromatic nitrogens is 1. The number of hydrogen-bond donors (Lipinski definition) is 1. The van der Waals surface area contributed by atoms with Crippen LogP contribution in [0.3, 0.4) is 0 Å². The van der Waals surface area contributed by atoms with E-state index >= 15 is 0 Å². The molecule has 1 N–H and O–H groups in total. The fourth-order valence-electron chi connectivity index (χ4n) is 2.19. The Morgan fingerprint density at radius 2 is 2.25 bits per heavy atom. The molecular weight excluding hydrogens is 352 g/mol. The van der Waals surface area contributed by atoms with Gasteiger partial charge in [0.15, 0.2) is 18.1 Å². The van der Waals surface area contributed by atoms with Crippen LogP contribution in [0.15, 0.2) is 23.7 Å². The average Bonchev–Trinajstić information content (AvgIpc) is 3.06. The smallest absolute Gasteiger partial charge is 0.341 e. The minimum absolute atomic E-state index is 0.165. The molecule has 8 heteroatoms. The maximum Gasteiger partial charge on any atom is 0.341 e. The largest absolute Gasteiger partial charge is 0.493 e. The van der Waals surface area contributed by atoms with Gasteiger partial charge in [0.1, 0.15) is 5.01 Å². The second-order valence-electron chi connectivity index (χ2n) is 5.25. The lowest BCUT2D eigenvalue weighted by molar-refractivity contribution is -0.139.